The first-order valence-corrected chi connectivity index (χ1v) is 8.59. The Kier molecular flexibility index (Phi) is 3.41. The quantitative estimate of drug-likeness (QED) is 0.840. The Morgan fingerprint density at radius 2 is 1.95 bits per heavy atom. The van der Waals surface area contributed by atoms with Gasteiger partial charge in [-0.05, 0) is 30.2 Å². The van der Waals surface area contributed by atoms with Gasteiger partial charge in [-0.3, -0.25) is 9.98 Å². The largest absolute Gasteiger partial charge is 0.341 e. The predicted octanol–water partition coefficient (Wildman–Crippen LogP) is 3.98. The second kappa shape index (κ2) is 5.43. The number of rotatable bonds is 2. The standard InChI is InChI=1S/C18H19N3S/c1-12-7-3-4-8-14(12)17-16(15-9-5-6-10-19-15)20-18-21(17)11-13(2)22-18/h3-10,13,16-17H,11H2,1-2H3/t13-,16+,17-/m0/s1. The summed E-state index contributed by atoms with van der Waals surface area (Å²) in [4.78, 5) is 12.1. The first-order valence-electron chi connectivity index (χ1n) is 7.71. The van der Waals surface area contributed by atoms with E-state index in [1.54, 1.807) is 0 Å². The zero-order valence-corrected chi connectivity index (χ0v) is 13.6. The molecule has 1 saturated heterocycles. The molecule has 3 atom stereocenters. The van der Waals surface area contributed by atoms with Crippen LogP contribution < -0.4 is 0 Å². The van der Waals surface area contributed by atoms with Gasteiger partial charge in [0.25, 0.3) is 0 Å². The number of aliphatic imine (C=N–C) groups is 1. The number of hydrogen-bond acceptors (Lipinski definition) is 4. The number of nitrogens with zero attached hydrogens (tertiary/aromatic N) is 3. The molecule has 3 nitrogen and oxygen atoms in total. The number of amidine groups is 1. The number of pyridine rings is 1. The van der Waals surface area contributed by atoms with Gasteiger partial charge in [0.1, 0.15) is 6.04 Å². The molecule has 0 unspecified atom stereocenters. The van der Waals surface area contributed by atoms with Crippen LogP contribution in [0.2, 0.25) is 0 Å². The molecule has 3 heterocycles. The monoisotopic (exact) mass is 309 g/mol. The molecular weight excluding hydrogens is 290 g/mol. The molecule has 4 rings (SSSR count). The molecule has 0 bridgehead atoms. The lowest BCUT2D eigenvalue weighted by Crippen LogP contribution is -2.29. The summed E-state index contributed by atoms with van der Waals surface area (Å²) in [6.07, 6.45) is 1.86. The maximum absolute atomic E-state index is 5.01. The summed E-state index contributed by atoms with van der Waals surface area (Å²) in [6, 6.07) is 15.1. The normalized spacial score (nSPS) is 26.9. The van der Waals surface area contributed by atoms with Crippen molar-refractivity contribution in [2.45, 2.75) is 31.2 Å². The molecule has 0 aliphatic carbocycles. The molecule has 1 aromatic heterocycles. The molecule has 2 aliphatic heterocycles. The van der Waals surface area contributed by atoms with E-state index in [0.29, 0.717) is 5.25 Å². The molecule has 2 aliphatic rings. The number of aryl methyl sites for hydroxylation is 1. The Morgan fingerprint density at radius 3 is 2.73 bits per heavy atom. The molecule has 22 heavy (non-hydrogen) atoms. The Morgan fingerprint density at radius 1 is 1.14 bits per heavy atom. The van der Waals surface area contributed by atoms with Crippen molar-refractivity contribution in [3.63, 3.8) is 0 Å². The van der Waals surface area contributed by atoms with Crippen molar-refractivity contribution in [3.8, 4) is 0 Å². The molecule has 2 aromatic rings. The second-order valence-corrected chi connectivity index (χ2v) is 7.40. The fourth-order valence-electron chi connectivity index (χ4n) is 3.37. The second-order valence-electron chi connectivity index (χ2n) is 5.99. The van der Waals surface area contributed by atoms with Gasteiger partial charge in [-0.2, -0.15) is 0 Å². The lowest BCUT2D eigenvalue weighted by Gasteiger charge is -2.28. The van der Waals surface area contributed by atoms with Gasteiger partial charge in [-0.15, -0.1) is 0 Å². The van der Waals surface area contributed by atoms with E-state index >= 15 is 0 Å². The zero-order chi connectivity index (χ0) is 15.1. The maximum atomic E-state index is 5.01. The van der Waals surface area contributed by atoms with Crippen molar-refractivity contribution in [2.24, 2.45) is 4.99 Å². The molecule has 112 valence electrons. The summed E-state index contributed by atoms with van der Waals surface area (Å²) >= 11 is 1.89. The molecule has 0 amide bonds. The number of fused-ring (bicyclic) bond motifs is 1. The van der Waals surface area contributed by atoms with Crippen molar-refractivity contribution in [1.29, 1.82) is 0 Å². The number of aromatic nitrogens is 1. The van der Waals surface area contributed by atoms with Crippen LogP contribution in [0.25, 0.3) is 0 Å². The molecule has 0 spiro atoms. The average molecular weight is 309 g/mol. The summed E-state index contributed by atoms with van der Waals surface area (Å²) in [5.41, 5.74) is 3.76. The molecule has 0 N–H and O–H groups in total. The lowest BCUT2D eigenvalue weighted by atomic mass is 9.93. The van der Waals surface area contributed by atoms with Crippen molar-refractivity contribution in [2.75, 3.05) is 6.54 Å². The molecule has 0 saturated carbocycles. The number of benzene rings is 1. The summed E-state index contributed by atoms with van der Waals surface area (Å²) in [6.45, 7) is 5.53. The van der Waals surface area contributed by atoms with E-state index in [9.17, 15) is 0 Å². The highest BCUT2D eigenvalue weighted by Gasteiger charge is 2.43. The Hall–Kier alpha value is -1.81. The summed E-state index contributed by atoms with van der Waals surface area (Å²) in [5.74, 6) is 0. The van der Waals surface area contributed by atoms with Crippen molar-refractivity contribution in [1.82, 2.24) is 9.88 Å². The van der Waals surface area contributed by atoms with E-state index in [2.05, 4.69) is 60.1 Å². The highest BCUT2D eigenvalue weighted by atomic mass is 32.2. The Bertz CT molecular complexity index is 713. The van der Waals surface area contributed by atoms with E-state index < -0.39 is 0 Å². The van der Waals surface area contributed by atoms with Crippen molar-refractivity contribution >= 4 is 16.9 Å². The van der Waals surface area contributed by atoms with Gasteiger partial charge in [0.2, 0.25) is 0 Å². The van der Waals surface area contributed by atoms with Crippen molar-refractivity contribution < 1.29 is 0 Å². The van der Waals surface area contributed by atoms with E-state index in [0.717, 1.165) is 12.2 Å². The molecular formula is C18H19N3S. The molecule has 0 radical (unpaired) electrons. The summed E-state index contributed by atoms with van der Waals surface area (Å²) < 4.78 is 0. The Labute approximate surface area is 135 Å². The summed E-state index contributed by atoms with van der Waals surface area (Å²) in [5, 5.41) is 1.78. The first-order chi connectivity index (χ1) is 10.7. The van der Waals surface area contributed by atoms with Crippen LogP contribution >= 0.6 is 11.8 Å². The predicted molar refractivity (Wildman–Crippen MR) is 92.1 cm³/mol. The van der Waals surface area contributed by atoms with Gasteiger partial charge in [0, 0.05) is 18.0 Å². The topological polar surface area (TPSA) is 28.5 Å². The fraction of sp³-hybridized carbons (Fsp3) is 0.333. The van der Waals surface area contributed by atoms with Crippen LogP contribution in [-0.4, -0.2) is 26.8 Å². The van der Waals surface area contributed by atoms with Crippen LogP contribution in [0.3, 0.4) is 0 Å². The van der Waals surface area contributed by atoms with Crippen LogP contribution in [0.4, 0.5) is 0 Å². The van der Waals surface area contributed by atoms with Gasteiger partial charge >= 0.3 is 0 Å². The van der Waals surface area contributed by atoms with Crippen LogP contribution in [0.15, 0.2) is 53.7 Å². The molecule has 4 heteroatoms. The van der Waals surface area contributed by atoms with Crippen LogP contribution in [0, 0.1) is 6.92 Å². The minimum absolute atomic E-state index is 0.0947. The van der Waals surface area contributed by atoms with Gasteiger partial charge < -0.3 is 4.90 Å². The third-order valence-corrected chi connectivity index (χ3v) is 5.49. The van der Waals surface area contributed by atoms with E-state index in [-0.39, 0.29) is 12.1 Å². The third kappa shape index (κ3) is 2.22. The fourth-order valence-corrected chi connectivity index (χ4v) is 4.47. The number of thioether (sulfide) groups is 1. The van der Waals surface area contributed by atoms with Crippen LogP contribution in [-0.2, 0) is 0 Å². The smallest absolute Gasteiger partial charge is 0.160 e. The lowest BCUT2D eigenvalue weighted by molar-refractivity contribution is 0.320. The van der Waals surface area contributed by atoms with Gasteiger partial charge in [0.15, 0.2) is 5.17 Å². The minimum Gasteiger partial charge on any atom is -0.341 e. The Balaban J connectivity index is 1.81. The highest BCUT2D eigenvalue weighted by Crippen LogP contribution is 2.47. The van der Waals surface area contributed by atoms with E-state index in [4.69, 9.17) is 4.99 Å². The van der Waals surface area contributed by atoms with E-state index in [1.807, 2.05) is 24.0 Å². The maximum Gasteiger partial charge on any atom is 0.160 e. The number of hydrogen-bond donors (Lipinski definition) is 0. The van der Waals surface area contributed by atoms with Gasteiger partial charge in [-0.25, -0.2) is 0 Å². The molecule has 1 fully saturated rings. The first kappa shape index (κ1) is 13.8. The van der Waals surface area contributed by atoms with Gasteiger partial charge in [0.05, 0.1) is 11.7 Å². The highest BCUT2D eigenvalue weighted by molar-refractivity contribution is 8.14. The van der Waals surface area contributed by atoms with E-state index in [1.165, 1.54) is 16.3 Å². The van der Waals surface area contributed by atoms with Crippen molar-refractivity contribution in [3.05, 3.63) is 65.5 Å². The molecule has 1 aromatic carbocycles. The SMILES string of the molecule is Cc1ccccc1[C@H]1[C@@H](c2ccccn2)N=C2S[C@@H](C)CN21. The van der Waals surface area contributed by atoms with Gasteiger partial charge in [-0.1, -0.05) is 49.0 Å². The average Bonchev–Trinajstić information content (AvgIpc) is 3.05. The van der Waals surface area contributed by atoms with Crippen LogP contribution in [0.1, 0.15) is 35.8 Å². The van der Waals surface area contributed by atoms with Crippen LogP contribution in [0.5, 0.6) is 0 Å². The zero-order valence-electron chi connectivity index (χ0n) is 12.8. The minimum atomic E-state index is 0.0947. The third-order valence-electron chi connectivity index (χ3n) is 4.39. The summed E-state index contributed by atoms with van der Waals surface area (Å²) in [7, 11) is 0.